The summed E-state index contributed by atoms with van der Waals surface area (Å²) in [7, 11) is 1.29. The van der Waals surface area contributed by atoms with Crippen molar-refractivity contribution < 1.29 is 9.53 Å². The largest absolute Gasteiger partial charge is 0.464 e. The molecule has 7 nitrogen and oxygen atoms in total. The first-order valence-corrected chi connectivity index (χ1v) is 9.49. The molecule has 0 radical (unpaired) electrons. The number of esters is 1. The van der Waals surface area contributed by atoms with E-state index in [2.05, 4.69) is 42.0 Å². The number of rotatable bonds is 4. The molecule has 0 bridgehead atoms. The highest BCUT2D eigenvalue weighted by Gasteiger charge is 2.30. The molecule has 0 aliphatic carbocycles. The lowest BCUT2D eigenvalue weighted by Gasteiger charge is -2.38. The molecular weight excluding hydrogens is 366 g/mol. The second-order valence-electron chi connectivity index (χ2n) is 6.83. The van der Waals surface area contributed by atoms with Crippen LogP contribution >= 0.6 is 11.6 Å². The molecule has 2 saturated heterocycles. The van der Waals surface area contributed by atoms with Gasteiger partial charge in [0.25, 0.3) is 0 Å². The van der Waals surface area contributed by atoms with E-state index in [1.165, 1.54) is 38.4 Å². The van der Waals surface area contributed by atoms with Gasteiger partial charge in [-0.15, -0.1) is 0 Å². The number of methoxy groups -OCH3 is 1. The minimum absolute atomic E-state index is 0.0442. The number of piperazine rings is 1. The Balaban J connectivity index is 1.44. The van der Waals surface area contributed by atoms with Crippen molar-refractivity contribution in [3.05, 3.63) is 41.2 Å². The van der Waals surface area contributed by atoms with Crippen LogP contribution in [0, 0.1) is 0 Å². The monoisotopic (exact) mass is 387 g/mol. The van der Waals surface area contributed by atoms with Gasteiger partial charge in [0, 0.05) is 37.1 Å². The predicted molar refractivity (Wildman–Crippen MR) is 105 cm³/mol. The van der Waals surface area contributed by atoms with E-state index < -0.39 is 5.97 Å². The number of hydrogen-bond donors (Lipinski definition) is 1. The van der Waals surface area contributed by atoms with Crippen molar-refractivity contribution in [3.63, 3.8) is 0 Å². The second kappa shape index (κ2) is 7.70. The van der Waals surface area contributed by atoms with Gasteiger partial charge in [-0.1, -0.05) is 11.6 Å². The number of anilines is 3. The number of halogens is 1. The molecule has 2 fully saturated rings. The molecule has 4 rings (SSSR count). The molecule has 1 aromatic heterocycles. The molecular formula is C19H22ClN5O2. The third-order valence-electron chi connectivity index (χ3n) is 5.20. The summed E-state index contributed by atoms with van der Waals surface area (Å²) in [6, 6.07) is 8.88. The third-order valence-corrected chi connectivity index (χ3v) is 5.48. The van der Waals surface area contributed by atoms with Crippen LogP contribution in [0.1, 0.15) is 23.3 Å². The van der Waals surface area contributed by atoms with Crippen molar-refractivity contribution in [2.45, 2.75) is 18.9 Å². The van der Waals surface area contributed by atoms with Gasteiger partial charge in [0.05, 0.1) is 18.3 Å². The van der Waals surface area contributed by atoms with Crippen molar-refractivity contribution in [3.8, 4) is 0 Å². The van der Waals surface area contributed by atoms with Gasteiger partial charge in [0.1, 0.15) is 0 Å². The number of aromatic nitrogens is 2. The molecule has 2 aliphatic heterocycles. The molecule has 0 amide bonds. The van der Waals surface area contributed by atoms with Crippen LogP contribution < -0.4 is 10.2 Å². The van der Waals surface area contributed by atoms with Gasteiger partial charge in [0.2, 0.25) is 5.95 Å². The van der Waals surface area contributed by atoms with E-state index >= 15 is 0 Å². The quantitative estimate of drug-likeness (QED) is 0.808. The van der Waals surface area contributed by atoms with Crippen molar-refractivity contribution in [1.82, 2.24) is 14.9 Å². The number of ether oxygens (including phenoxy) is 1. The van der Waals surface area contributed by atoms with Gasteiger partial charge in [-0.2, -0.15) is 0 Å². The Morgan fingerprint density at radius 2 is 2.07 bits per heavy atom. The summed E-state index contributed by atoms with van der Waals surface area (Å²) in [5.74, 6) is -0.293. The maximum Gasteiger partial charge on any atom is 0.358 e. The van der Waals surface area contributed by atoms with Gasteiger partial charge >= 0.3 is 5.97 Å². The Bertz CT molecular complexity index is 829. The first-order chi connectivity index (χ1) is 13.1. The molecule has 27 heavy (non-hydrogen) atoms. The number of nitrogens with one attached hydrogen (secondary N) is 1. The summed E-state index contributed by atoms with van der Waals surface area (Å²) in [5, 5.41) is 3.26. The topological polar surface area (TPSA) is 70.6 Å². The molecule has 0 spiro atoms. The zero-order valence-electron chi connectivity index (χ0n) is 15.2. The van der Waals surface area contributed by atoms with E-state index in [1.54, 1.807) is 0 Å². The van der Waals surface area contributed by atoms with Gasteiger partial charge in [-0.3, -0.25) is 4.90 Å². The molecule has 1 atom stereocenters. The molecule has 8 heteroatoms. The predicted octanol–water partition coefficient (Wildman–Crippen LogP) is 2.94. The van der Waals surface area contributed by atoms with E-state index in [9.17, 15) is 4.79 Å². The van der Waals surface area contributed by atoms with Crippen molar-refractivity contribution in [2.75, 3.05) is 43.5 Å². The average molecular weight is 388 g/mol. The van der Waals surface area contributed by atoms with Crippen LogP contribution in [0.5, 0.6) is 0 Å². The fraction of sp³-hybridized carbons (Fsp3) is 0.421. The van der Waals surface area contributed by atoms with Crippen molar-refractivity contribution >= 4 is 34.9 Å². The fourth-order valence-corrected chi connectivity index (χ4v) is 3.95. The number of nitrogens with zero attached hydrogens (tertiary/aromatic N) is 4. The van der Waals surface area contributed by atoms with Gasteiger partial charge in [-0.25, -0.2) is 14.8 Å². The zero-order valence-corrected chi connectivity index (χ0v) is 15.9. The summed E-state index contributed by atoms with van der Waals surface area (Å²) in [6.07, 6.45) is 4.00. The highest BCUT2D eigenvalue weighted by Crippen LogP contribution is 2.27. The first kappa shape index (κ1) is 18.0. The molecule has 1 N–H and O–H groups in total. The highest BCUT2D eigenvalue weighted by atomic mass is 35.5. The van der Waals surface area contributed by atoms with Crippen LogP contribution in [0.25, 0.3) is 0 Å². The van der Waals surface area contributed by atoms with Gasteiger partial charge in [0.15, 0.2) is 5.69 Å². The average Bonchev–Trinajstić information content (AvgIpc) is 3.17. The van der Waals surface area contributed by atoms with Crippen LogP contribution in [0.4, 0.5) is 17.3 Å². The normalized spacial score (nSPS) is 19.6. The van der Waals surface area contributed by atoms with E-state index in [4.69, 9.17) is 11.6 Å². The second-order valence-corrected chi connectivity index (χ2v) is 7.24. The van der Waals surface area contributed by atoms with Crippen LogP contribution in [0.15, 0.2) is 30.5 Å². The summed E-state index contributed by atoms with van der Waals surface area (Å²) in [6.45, 7) is 4.54. The molecule has 0 saturated carbocycles. The Hall–Kier alpha value is -2.38. The highest BCUT2D eigenvalue weighted by molar-refractivity contribution is 6.33. The standard InChI is InChI=1S/C19H22ClN5O2/c1-27-18(26)17-16(20)11-21-19(23-17)22-13-4-6-14(7-5-13)25-10-9-24-8-2-3-15(24)12-25/h4-7,11,15H,2-3,8-10,12H2,1H3,(H,21,22,23). The van der Waals surface area contributed by atoms with E-state index in [-0.39, 0.29) is 10.7 Å². The smallest absolute Gasteiger partial charge is 0.358 e. The molecule has 2 aliphatic rings. The Morgan fingerprint density at radius 3 is 2.85 bits per heavy atom. The van der Waals surface area contributed by atoms with E-state index in [1.807, 2.05) is 12.1 Å². The van der Waals surface area contributed by atoms with Crippen LogP contribution in [-0.4, -0.2) is 60.2 Å². The number of benzene rings is 1. The lowest BCUT2D eigenvalue weighted by Crippen LogP contribution is -2.50. The maximum atomic E-state index is 11.7. The Morgan fingerprint density at radius 1 is 1.26 bits per heavy atom. The minimum Gasteiger partial charge on any atom is -0.464 e. The SMILES string of the molecule is COC(=O)c1nc(Nc2ccc(N3CCN4CCCC4C3)cc2)ncc1Cl. The zero-order chi connectivity index (χ0) is 18.8. The van der Waals surface area contributed by atoms with E-state index in [0.717, 1.165) is 25.3 Å². The lowest BCUT2D eigenvalue weighted by molar-refractivity contribution is 0.0594. The fourth-order valence-electron chi connectivity index (χ4n) is 3.78. The van der Waals surface area contributed by atoms with Crippen molar-refractivity contribution in [2.24, 2.45) is 0 Å². The summed E-state index contributed by atoms with van der Waals surface area (Å²) in [5.41, 5.74) is 2.11. The minimum atomic E-state index is -0.591. The number of fused-ring (bicyclic) bond motifs is 1. The summed E-state index contributed by atoms with van der Waals surface area (Å²) in [4.78, 5) is 25.0. The lowest BCUT2D eigenvalue weighted by atomic mass is 10.1. The van der Waals surface area contributed by atoms with Gasteiger partial charge in [-0.05, 0) is 43.7 Å². The molecule has 2 aromatic rings. The summed E-state index contributed by atoms with van der Waals surface area (Å²) < 4.78 is 4.68. The Labute approximate surface area is 163 Å². The van der Waals surface area contributed by atoms with Gasteiger partial charge < -0.3 is 15.0 Å². The van der Waals surface area contributed by atoms with Crippen LogP contribution in [-0.2, 0) is 4.74 Å². The van der Waals surface area contributed by atoms with Crippen LogP contribution in [0.2, 0.25) is 5.02 Å². The first-order valence-electron chi connectivity index (χ1n) is 9.11. The molecule has 1 aromatic carbocycles. The maximum absolute atomic E-state index is 11.7. The van der Waals surface area contributed by atoms with Crippen molar-refractivity contribution in [1.29, 1.82) is 0 Å². The third kappa shape index (κ3) is 3.84. The number of hydrogen-bond acceptors (Lipinski definition) is 7. The Kier molecular flexibility index (Phi) is 5.13. The van der Waals surface area contributed by atoms with E-state index in [0.29, 0.717) is 12.0 Å². The number of carbonyl (C=O) groups excluding carboxylic acids is 1. The van der Waals surface area contributed by atoms with Crippen LogP contribution in [0.3, 0.4) is 0 Å². The molecule has 1 unspecified atom stereocenters. The number of carbonyl (C=O) groups is 1. The summed E-state index contributed by atoms with van der Waals surface area (Å²) >= 11 is 5.96. The molecule has 142 valence electrons. The molecule has 3 heterocycles.